The van der Waals surface area contributed by atoms with Crippen molar-refractivity contribution in [2.45, 2.75) is 62.1 Å². The van der Waals surface area contributed by atoms with Crippen molar-refractivity contribution >= 4 is 17.9 Å². The highest BCUT2D eigenvalue weighted by Crippen LogP contribution is 2.31. The van der Waals surface area contributed by atoms with Gasteiger partial charge >= 0.3 is 12.0 Å². The molecule has 8 atom stereocenters. The minimum Gasteiger partial charge on any atom is -0.480 e. The van der Waals surface area contributed by atoms with Gasteiger partial charge in [-0.2, -0.15) is 4.98 Å². The molecule has 0 aromatic carbocycles. The predicted octanol–water partition coefficient (Wildman–Crippen LogP) is -4.37. The van der Waals surface area contributed by atoms with Gasteiger partial charge in [0.15, 0.2) is 6.04 Å². The number of carbonyl (C=O) groups excluding carboxylic acids is 2. The zero-order valence-corrected chi connectivity index (χ0v) is 16.7. The lowest BCUT2D eigenvalue weighted by atomic mass is 9.95. The molecule has 0 aliphatic carbocycles. The molecular weight excluding hydrogens is 438 g/mol. The molecule has 2 unspecified atom stereocenters. The van der Waals surface area contributed by atoms with Crippen LogP contribution < -0.4 is 16.4 Å². The molecule has 1 aromatic rings. The van der Waals surface area contributed by atoms with E-state index in [-0.39, 0.29) is 11.7 Å². The zero-order valence-electron chi connectivity index (χ0n) is 16.7. The van der Waals surface area contributed by atoms with Crippen molar-refractivity contribution in [3.05, 3.63) is 11.7 Å². The standard InChI is InChI=1S/C16H25N5O11/c1-4(23)8(15(28)29)19-16(30)18-5(2-7(17)24)14-20-13(21-32-14)12-11(27)10(26)9(25)6(3-22)31-12/h4-6,8-12,22-23,25-27H,2-3H2,1H3,(H2,17,24)(H,28,29)(H2,18,19,30)/t4?,5-,6-,8-,9-,10-,11+,12?/m0/s1. The number of aliphatic carboxylic acids is 1. The van der Waals surface area contributed by atoms with Gasteiger partial charge in [0.05, 0.1) is 19.1 Å². The molecule has 10 N–H and O–H groups in total. The maximum Gasteiger partial charge on any atom is 0.328 e. The third kappa shape index (κ3) is 5.87. The number of nitrogens with one attached hydrogen (secondary N) is 2. The molecule has 2 rings (SSSR count). The second-order valence-electron chi connectivity index (χ2n) is 7.14. The lowest BCUT2D eigenvalue weighted by Gasteiger charge is -2.38. The Morgan fingerprint density at radius 1 is 1.16 bits per heavy atom. The average Bonchev–Trinajstić information content (AvgIpc) is 3.19. The number of rotatable bonds is 9. The first-order valence-corrected chi connectivity index (χ1v) is 9.36. The third-order valence-corrected chi connectivity index (χ3v) is 4.65. The van der Waals surface area contributed by atoms with Crippen LogP contribution in [-0.4, -0.2) is 102 Å². The number of hydrogen-bond acceptors (Lipinski definition) is 12. The summed E-state index contributed by atoms with van der Waals surface area (Å²) < 4.78 is 10.3. The molecular formula is C16H25N5O11. The highest BCUT2D eigenvalue weighted by atomic mass is 16.5. The van der Waals surface area contributed by atoms with Gasteiger partial charge in [0.25, 0.3) is 0 Å². The summed E-state index contributed by atoms with van der Waals surface area (Å²) in [7, 11) is 0. The van der Waals surface area contributed by atoms with Crippen LogP contribution in [0.4, 0.5) is 4.79 Å². The number of aliphatic hydroxyl groups excluding tert-OH is 5. The van der Waals surface area contributed by atoms with Gasteiger partial charge in [-0.3, -0.25) is 4.79 Å². The molecule has 32 heavy (non-hydrogen) atoms. The lowest BCUT2D eigenvalue weighted by Crippen LogP contribution is -2.55. The van der Waals surface area contributed by atoms with Crippen LogP contribution in [0.3, 0.4) is 0 Å². The van der Waals surface area contributed by atoms with E-state index in [0.717, 1.165) is 6.92 Å². The van der Waals surface area contributed by atoms with Crippen LogP contribution in [0.15, 0.2) is 4.52 Å². The van der Waals surface area contributed by atoms with E-state index in [9.17, 15) is 39.9 Å². The summed E-state index contributed by atoms with van der Waals surface area (Å²) in [5, 5.41) is 65.4. The van der Waals surface area contributed by atoms with Crippen LogP contribution in [0.1, 0.15) is 37.2 Å². The fraction of sp³-hybridized carbons (Fsp3) is 0.688. The van der Waals surface area contributed by atoms with Crippen LogP contribution in [-0.2, 0) is 14.3 Å². The number of nitrogens with zero attached hydrogens (tertiary/aromatic N) is 2. The van der Waals surface area contributed by atoms with E-state index >= 15 is 0 Å². The van der Waals surface area contributed by atoms with Crippen molar-refractivity contribution < 1.29 is 54.3 Å². The lowest BCUT2D eigenvalue weighted by molar-refractivity contribution is -0.233. The van der Waals surface area contributed by atoms with Crippen molar-refractivity contribution in [1.82, 2.24) is 20.8 Å². The molecule has 0 radical (unpaired) electrons. The van der Waals surface area contributed by atoms with E-state index in [1.165, 1.54) is 0 Å². The number of hydrogen-bond donors (Lipinski definition) is 9. The number of ether oxygens (including phenoxy) is 1. The van der Waals surface area contributed by atoms with E-state index in [4.69, 9.17) is 20.1 Å². The van der Waals surface area contributed by atoms with E-state index < -0.39 is 79.6 Å². The second kappa shape index (κ2) is 10.6. The number of aliphatic hydroxyl groups is 5. The zero-order chi connectivity index (χ0) is 24.2. The Balaban J connectivity index is 2.20. The van der Waals surface area contributed by atoms with Gasteiger partial charge in [-0.15, -0.1) is 0 Å². The van der Waals surface area contributed by atoms with E-state index in [1.54, 1.807) is 0 Å². The Bertz CT molecular complexity index is 816. The van der Waals surface area contributed by atoms with Crippen LogP contribution in [0.25, 0.3) is 0 Å². The third-order valence-electron chi connectivity index (χ3n) is 4.65. The summed E-state index contributed by atoms with van der Waals surface area (Å²) in [6.45, 7) is 0.455. The van der Waals surface area contributed by atoms with Crippen molar-refractivity contribution in [3.8, 4) is 0 Å². The average molecular weight is 463 g/mol. The number of nitrogens with two attached hydrogens (primary N) is 1. The number of carboxylic acid groups (broad SMARTS) is 1. The molecule has 0 saturated carbocycles. The molecule has 0 spiro atoms. The van der Waals surface area contributed by atoms with Crippen molar-refractivity contribution in [3.63, 3.8) is 0 Å². The van der Waals surface area contributed by atoms with Gasteiger partial charge in [0.1, 0.15) is 36.6 Å². The summed E-state index contributed by atoms with van der Waals surface area (Å²) >= 11 is 0. The first-order valence-electron chi connectivity index (χ1n) is 9.36. The van der Waals surface area contributed by atoms with Crippen LogP contribution in [0.2, 0.25) is 0 Å². The van der Waals surface area contributed by atoms with E-state index in [2.05, 4.69) is 15.5 Å². The number of urea groups is 1. The van der Waals surface area contributed by atoms with E-state index in [0.29, 0.717) is 0 Å². The number of carboxylic acids is 1. The van der Waals surface area contributed by atoms with Gasteiger partial charge in [-0.25, -0.2) is 9.59 Å². The Labute approximate surface area is 180 Å². The van der Waals surface area contributed by atoms with Gasteiger partial charge in [0.2, 0.25) is 17.6 Å². The Kier molecular flexibility index (Phi) is 8.42. The first kappa shape index (κ1) is 25.4. The largest absolute Gasteiger partial charge is 0.480 e. The summed E-state index contributed by atoms with van der Waals surface area (Å²) in [6.07, 6.45) is -9.67. The smallest absolute Gasteiger partial charge is 0.328 e. The molecule has 1 saturated heterocycles. The first-order chi connectivity index (χ1) is 15.0. The Morgan fingerprint density at radius 3 is 2.34 bits per heavy atom. The SMILES string of the molecule is CC(O)[C@H](NC(=O)N[C@@H](CC(N)=O)c1nc(C2O[C@@H](CO)[C@H](O)[C@H](O)[C@H]2O)no1)C(=O)O. The number of carbonyl (C=O) groups is 3. The van der Waals surface area contributed by atoms with Crippen LogP contribution in [0, 0.1) is 0 Å². The quantitative estimate of drug-likeness (QED) is 0.168. The minimum absolute atomic E-state index is 0.332. The molecule has 2 heterocycles. The molecule has 1 aliphatic heterocycles. The monoisotopic (exact) mass is 463 g/mol. The van der Waals surface area contributed by atoms with Gasteiger partial charge in [-0.1, -0.05) is 5.16 Å². The normalized spacial score (nSPS) is 28.4. The fourth-order valence-electron chi connectivity index (χ4n) is 2.95. The van der Waals surface area contributed by atoms with E-state index in [1.807, 2.05) is 5.32 Å². The highest BCUT2D eigenvalue weighted by molar-refractivity contribution is 5.83. The van der Waals surface area contributed by atoms with Gasteiger partial charge in [0, 0.05) is 0 Å². The molecule has 0 bridgehead atoms. The maximum absolute atomic E-state index is 12.2. The molecule has 1 aliphatic rings. The minimum atomic E-state index is -1.70. The molecule has 180 valence electrons. The predicted molar refractivity (Wildman–Crippen MR) is 98.3 cm³/mol. The molecule has 1 aromatic heterocycles. The fourth-order valence-corrected chi connectivity index (χ4v) is 2.95. The molecule has 3 amide bonds. The number of aromatic nitrogens is 2. The molecule has 16 nitrogen and oxygen atoms in total. The molecule has 1 fully saturated rings. The topological polar surface area (TPSA) is 271 Å². The molecule has 16 heteroatoms. The maximum atomic E-state index is 12.2. The number of primary amides is 1. The summed E-state index contributed by atoms with van der Waals surface area (Å²) in [4.78, 5) is 38.6. The summed E-state index contributed by atoms with van der Waals surface area (Å²) in [6, 6.07) is -4.09. The second-order valence-corrected chi connectivity index (χ2v) is 7.14. The van der Waals surface area contributed by atoms with Gasteiger partial charge < -0.3 is 56.3 Å². The summed E-state index contributed by atoms with van der Waals surface area (Å²) in [5.41, 5.74) is 5.16. The van der Waals surface area contributed by atoms with Crippen molar-refractivity contribution in [2.75, 3.05) is 6.61 Å². The Morgan fingerprint density at radius 2 is 1.81 bits per heavy atom. The number of amides is 3. The van der Waals surface area contributed by atoms with Crippen molar-refractivity contribution in [2.24, 2.45) is 5.73 Å². The van der Waals surface area contributed by atoms with Crippen LogP contribution in [0.5, 0.6) is 0 Å². The van der Waals surface area contributed by atoms with Crippen molar-refractivity contribution in [1.29, 1.82) is 0 Å². The highest BCUT2D eigenvalue weighted by Gasteiger charge is 2.46. The summed E-state index contributed by atoms with van der Waals surface area (Å²) in [5.74, 6) is -3.12. The van der Waals surface area contributed by atoms with Crippen LogP contribution >= 0.6 is 0 Å². The van der Waals surface area contributed by atoms with Gasteiger partial charge in [-0.05, 0) is 6.92 Å². The Hall–Kier alpha value is -2.89.